The van der Waals surface area contributed by atoms with E-state index in [-0.39, 0.29) is 0 Å². The molecule has 2 aromatic heterocycles. The van der Waals surface area contributed by atoms with E-state index in [0.29, 0.717) is 29.7 Å². The summed E-state index contributed by atoms with van der Waals surface area (Å²) in [4.78, 5) is 22.4. The normalized spacial score (nSPS) is 19.2. The van der Waals surface area contributed by atoms with Gasteiger partial charge in [-0.25, -0.2) is 4.99 Å². The van der Waals surface area contributed by atoms with E-state index in [0.717, 1.165) is 17.2 Å². The van der Waals surface area contributed by atoms with E-state index in [1.807, 2.05) is 12.1 Å². The van der Waals surface area contributed by atoms with Crippen LogP contribution in [0.25, 0.3) is 11.4 Å². The summed E-state index contributed by atoms with van der Waals surface area (Å²) in [5, 5.41) is 3.43. The van der Waals surface area contributed by atoms with E-state index in [4.69, 9.17) is 0 Å². The summed E-state index contributed by atoms with van der Waals surface area (Å²) in [6, 6.07) is 4.19. The van der Waals surface area contributed by atoms with Crippen LogP contribution in [0.15, 0.2) is 29.5 Å². The highest BCUT2D eigenvalue weighted by Gasteiger charge is 2.29. The molecule has 2 fully saturated rings. The van der Waals surface area contributed by atoms with E-state index >= 15 is 0 Å². The highest BCUT2D eigenvalue weighted by atomic mass is 15.2. The van der Waals surface area contributed by atoms with Gasteiger partial charge in [0.05, 0.1) is 0 Å². The van der Waals surface area contributed by atoms with Gasteiger partial charge in [-0.3, -0.25) is 4.98 Å². The van der Waals surface area contributed by atoms with Gasteiger partial charge in [-0.05, 0) is 63.5 Å². The van der Waals surface area contributed by atoms with Gasteiger partial charge < -0.3 is 5.32 Å². The molecular weight excluding hydrogens is 300 g/mol. The van der Waals surface area contributed by atoms with Crippen molar-refractivity contribution in [1.29, 1.82) is 0 Å². The minimum Gasteiger partial charge on any atom is -0.351 e. The summed E-state index contributed by atoms with van der Waals surface area (Å²) >= 11 is 0. The molecule has 0 unspecified atom stereocenters. The number of aliphatic imine (C=N–C) groups is 1. The van der Waals surface area contributed by atoms with Crippen molar-refractivity contribution >= 4 is 17.6 Å². The molecule has 0 radical (unpaired) electrons. The molecule has 4 rings (SSSR count). The van der Waals surface area contributed by atoms with Crippen LogP contribution in [0.1, 0.15) is 39.5 Å². The van der Waals surface area contributed by atoms with E-state index in [1.54, 1.807) is 12.4 Å². The van der Waals surface area contributed by atoms with E-state index in [1.165, 1.54) is 25.7 Å². The maximum absolute atomic E-state index is 4.63. The van der Waals surface area contributed by atoms with E-state index in [2.05, 4.69) is 44.1 Å². The second-order valence-electron chi connectivity index (χ2n) is 6.82. The van der Waals surface area contributed by atoms with Crippen LogP contribution in [-0.2, 0) is 0 Å². The Morgan fingerprint density at radius 3 is 2.54 bits per heavy atom. The Labute approximate surface area is 141 Å². The number of rotatable bonds is 6. The first-order valence-corrected chi connectivity index (χ1v) is 8.67. The maximum Gasteiger partial charge on any atom is 0.254 e. The molecule has 2 saturated carbocycles. The van der Waals surface area contributed by atoms with Crippen molar-refractivity contribution in [1.82, 2.24) is 19.9 Å². The van der Waals surface area contributed by atoms with Crippen molar-refractivity contribution in [2.45, 2.75) is 45.6 Å². The van der Waals surface area contributed by atoms with Crippen molar-refractivity contribution in [3.63, 3.8) is 0 Å². The highest BCUT2D eigenvalue weighted by molar-refractivity contribution is 5.88. The van der Waals surface area contributed by atoms with Gasteiger partial charge in [0, 0.05) is 29.7 Å². The van der Waals surface area contributed by atoms with Gasteiger partial charge in [0.25, 0.3) is 5.95 Å². The second-order valence-corrected chi connectivity index (χ2v) is 6.82. The van der Waals surface area contributed by atoms with Crippen molar-refractivity contribution in [2.24, 2.45) is 16.8 Å². The molecular formula is C18H22N6. The molecule has 124 valence electrons. The zero-order chi connectivity index (χ0) is 16.5. The molecule has 0 saturated heterocycles. The lowest BCUT2D eigenvalue weighted by molar-refractivity contribution is 0.685. The van der Waals surface area contributed by atoms with Crippen LogP contribution < -0.4 is 5.32 Å². The van der Waals surface area contributed by atoms with Crippen molar-refractivity contribution < 1.29 is 0 Å². The standard InChI is InChI=1S/C18H22N6/c1-11(13-3-4-13)20-17-22-16(15-7-9-19-10-8-15)23-18(24-17)21-12(2)14-5-6-14/h7-11,13-14H,3-6H2,1-2H3,(H,20,22,23,24)/b21-12+/t11-/m1/s1. The lowest BCUT2D eigenvalue weighted by atomic mass is 10.2. The quantitative estimate of drug-likeness (QED) is 0.822. The molecule has 2 aliphatic carbocycles. The molecule has 24 heavy (non-hydrogen) atoms. The number of aromatic nitrogens is 4. The molecule has 0 aromatic carbocycles. The fourth-order valence-electron chi connectivity index (χ4n) is 2.78. The first-order chi connectivity index (χ1) is 11.7. The number of nitrogens with zero attached hydrogens (tertiary/aromatic N) is 5. The van der Waals surface area contributed by atoms with Crippen LogP contribution in [0.3, 0.4) is 0 Å². The van der Waals surface area contributed by atoms with Gasteiger partial charge >= 0.3 is 0 Å². The number of nitrogens with one attached hydrogen (secondary N) is 1. The van der Waals surface area contributed by atoms with Crippen LogP contribution in [0.5, 0.6) is 0 Å². The summed E-state index contributed by atoms with van der Waals surface area (Å²) < 4.78 is 0. The Balaban J connectivity index is 1.68. The van der Waals surface area contributed by atoms with Gasteiger partial charge in [0.15, 0.2) is 5.82 Å². The third-order valence-corrected chi connectivity index (χ3v) is 4.69. The second kappa shape index (κ2) is 6.26. The van der Waals surface area contributed by atoms with E-state index in [9.17, 15) is 0 Å². The molecule has 1 N–H and O–H groups in total. The molecule has 6 nitrogen and oxygen atoms in total. The lowest BCUT2D eigenvalue weighted by Gasteiger charge is -2.13. The predicted molar refractivity (Wildman–Crippen MR) is 94.4 cm³/mol. The SMILES string of the molecule is C/C(=N\c1nc(N[C@H](C)C2CC2)nc(-c2ccncc2)n1)C1CC1. The average Bonchev–Trinajstić information content (AvgIpc) is 3.48. The molecule has 2 aromatic rings. The topological polar surface area (TPSA) is 76.0 Å². The fourth-order valence-corrected chi connectivity index (χ4v) is 2.78. The Bertz CT molecular complexity index is 749. The molecule has 6 heteroatoms. The molecule has 1 atom stereocenters. The van der Waals surface area contributed by atoms with E-state index < -0.39 is 0 Å². The Morgan fingerprint density at radius 1 is 1.12 bits per heavy atom. The summed E-state index contributed by atoms with van der Waals surface area (Å²) in [7, 11) is 0. The van der Waals surface area contributed by atoms with Gasteiger partial charge in [0.1, 0.15) is 0 Å². The van der Waals surface area contributed by atoms with Crippen LogP contribution in [-0.4, -0.2) is 31.7 Å². The largest absolute Gasteiger partial charge is 0.351 e. The number of hydrogen-bond acceptors (Lipinski definition) is 6. The van der Waals surface area contributed by atoms with Crippen LogP contribution in [0.4, 0.5) is 11.9 Å². The number of anilines is 1. The fraction of sp³-hybridized carbons (Fsp3) is 0.500. The van der Waals surface area contributed by atoms with Crippen molar-refractivity contribution in [2.75, 3.05) is 5.32 Å². The minimum atomic E-state index is 0.374. The Morgan fingerprint density at radius 2 is 1.88 bits per heavy atom. The first kappa shape index (κ1) is 15.2. The molecule has 0 amide bonds. The zero-order valence-corrected chi connectivity index (χ0v) is 14.1. The molecule has 2 heterocycles. The van der Waals surface area contributed by atoms with Crippen LogP contribution in [0.2, 0.25) is 0 Å². The lowest BCUT2D eigenvalue weighted by Crippen LogP contribution is -2.19. The summed E-state index contributed by atoms with van der Waals surface area (Å²) in [6.45, 7) is 4.25. The Hall–Kier alpha value is -2.37. The number of hydrogen-bond donors (Lipinski definition) is 1. The zero-order valence-electron chi connectivity index (χ0n) is 14.1. The van der Waals surface area contributed by atoms with Gasteiger partial charge in [0.2, 0.25) is 5.95 Å². The molecule has 0 aliphatic heterocycles. The van der Waals surface area contributed by atoms with Crippen molar-refractivity contribution in [3.8, 4) is 11.4 Å². The minimum absolute atomic E-state index is 0.374. The predicted octanol–water partition coefficient (Wildman–Crippen LogP) is 3.65. The van der Waals surface area contributed by atoms with Crippen LogP contribution >= 0.6 is 0 Å². The van der Waals surface area contributed by atoms with Gasteiger partial charge in [-0.2, -0.15) is 15.0 Å². The summed E-state index contributed by atoms with van der Waals surface area (Å²) in [5.41, 5.74) is 2.04. The summed E-state index contributed by atoms with van der Waals surface area (Å²) in [5.74, 6) is 3.07. The van der Waals surface area contributed by atoms with Gasteiger partial charge in [-0.1, -0.05) is 0 Å². The third kappa shape index (κ3) is 3.58. The third-order valence-electron chi connectivity index (χ3n) is 4.69. The first-order valence-electron chi connectivity index (χ1n) is 8.67. The monoisotopic (exact) mass is 322 g/mol. The Kier molecular flexibility index (Phi) is 3.96. The average molecular weight is 322 g/mol. The molecule has 0 spiro atoms. The molecule has 2 aliphatic rings. The smallest absolute Gasteiger partial charge is 0.254 e. The number of pyridine rings is 1. The maximum atomic E-state index is 4.63. The molecule has 0 bridgehead atoms. The van der Waals surface area contributed by atoms with Crippen molar-refractivity contribution in [3.05, 3.63) is 24.5 Å². The van der Waals surface area contributed by atoms with Crippen LogP contribution in [0, 0.1) is 11.8 Å². The summed E-state index contributed by atoms with van der Waals surface area (Å²) in [6.07, 6.45) is 8.50. The van der Waals surface area contributed by atoms with Gasteiger partial charge in [-0.15, -0.1) is 0 Å². The highest BCUT2D eigenvalue weighted by Crippen LogP contribution is 2.34.